The van der Waals surface area contributed by atoms with Crippen LogP contribution >= 0.6 is 39.1 Å². The van der Waals surface area contributed by atoms with E-state index in [0.717, 1.165) is 0 Å². The number of aryl methyl sites for hydroxylation is 1. The largest absolute Gasteiger partial charge is 0.339 e. The molecule has 0 amide bonds. The fraction of sp³-hybridized carbons (Fsp3) is 0.0833. The number of hydrogen-bond acceptors (Lipinski definition) is 4. The predicted molar refractivity (Wildman–Crippen MR) is 84.2 cm³/mol. The van der Waals surface area contributed by atoms with Crippen molar-refractivity contribution in [3.8, 4) is 0 Å². The lowest BCUT2D eigenvalue weighted by Gasteiger charge is -2.13. The standard InChI is InChI=1S/C12H10BrCl2FN4/c1-5-2-9(16)6(13)3-10(5)18-11-7(14)4-8(15)12(19-11)20-17/h2-4H,17H2,1H3,(H2,18,19,20). The van der Waals surface area contributed by atoms with Crippen LogP contribution in [-0.4, -0.2) is 4.98 Å². The first-order valence-corrected chi connectivity index (χ1v) is 7.02. The summed E-state index contributed by atoms with van der Waals surface area (Å²) in [6, 6.07) is 4.52. The Bertz CT molecular complexity index is 666. The Labute approximate surface area is 133 Å². The van der Waals surface area contributed by atoms with Crippen LogP contribution in [0, 0.1) is 12.7 Å². The number of nitrogens with zero attached hydrogens (tertiary/aromatic N) is 1. The first-order valence-electron chi connectivity index (χ1n) is 5.47. The molecule has 0 spiro atoms. The van der Waals surface area contributed by atoms with Crippen molar-refractivity contribution in [2.75, 3.05) is 10.7 Å². The van der Waals surface area contributed by atoms with Gasteiger partial charge in [0, 0.05) is 5.69 Å². The topological polar surface area (TPSA) is 63.0 Å². The fourth-order valence-electron chi connectivity index (χ4n) is 1.56. The van der Waals surface area contributed by atoms with E-state index >= 15 is 0 Å². The van der Waals surface area contributed by atoms with Gasteiger partial charge in [-0.3, -0.25) is 0 Å². The molecule has 4 nitrogen and oxygen atoms in total. The molecule has 0 aliphatic heterocycles. The summed E-state index contributed by atoms with van der Waals surface area (Å²) < 4.78 is 13.7. The van der Waals surface area contributed by atoms with Gasteiger partial charge in [0.1, 0.15) is 5.82 Å². The molecule has 0 saturated carbocycles. The Kier molecular flexibility index (Phi) is 4.70. The van der Waals surface area contributed by atoms with Gasteiger partial charge < -0.3 is 10.7 Å². The van der Waals surface area contributed by atoms with Gasteiger partial charge in [0.25, 0.3) is 0 Å². The summed E-state index contributed by atoms with van der Waals surface area (Å²) in [5.74, 6) is 5.63. The van der Waals surface area contributed by atoms with E-state index in [1.807, 2.05) is 0 Å². The van der Waals surface area contributed by atoms with Crippen molar-refractivity contribution in [3.05, 3.63) is 44.1 Å². The lowest BCUT2D eigenvalue weighted by molar-refractivity contribution is 0.620. The molecule has 0 saturated heterocycles. The summed E-state index contributed by atoms with van der Waals surface area (Å²) in [6.45, 7) is 1.77. The van der Waals surface area contributed by atoms with Gasteiger partial charge in [-0.05, 0) is 46.6 Å². The summed E-state index contributed by atoms with van der Waals surface area (Å²) >= 11 is 15.1. The maximum Gasteiger partial charge on any atom is 0.161 e. The van der Waals surface area contributed by atoms with Crippen molar-refractivity contribution in [1.29, 1.82) is 0 Å². The molecular formula is C12H10BrCl2FN4. The van der Waals surface area contributed by atoms with E-state index in [1.54, 1.807) is 13.0 Å². The molecule has 1 aromatic heterocycles. The summed E-state index contributed by atoms with van der Waals surface area (Å²) in [7, 11) is 0. The first kappa shape index (κ1) is 15.3. The smallest absolute Gasteiger partial charge is 0.161 e. The maximum atomic E-state index is 13.4. The van der Waals surface area contributed by atoms with Crippen LogP contribution < -0.4 is 16.6 Å². The number of benzene rings is 1. The second-order valence-corrected chi connectivity index (χ2v) is 5.67. The molecule has 0 radical (unpaired) electrons. The van der Waals surface area contributed by atoms with Gasteiger partial charge in [-0.1, -0.05) is 23.2 Å². The highest BCUT2D eigenvalue weighted by atomic mass is 79.9. The zero-order valence-corrected chi connectivity index (χ0v) is 13.4. The van der Waals surface area contributed by atoms with Crippen molar-refractivity contribution >= 4 is 56.5 Å². The number of pyridine rings is 1. The van der Waals surface area contributed by atoms with Crippen LogP contribution in [0.5, 0.6) is 0 Å². The van der Waals surface area contributed by atoms with Gasteiger partial charge >= 0.3 is 0 Å². The number of aromatic nitrogens is 1. The minimum atomic E-state index is -0.340. The SMILES string of the molecule is Cc1cc(F)c(Br)cc1Nc1nc(NN)c(Cl)cc1Cl. The van der Waals surface area contributed by atoms with Crippen molar-refractivity contribution in [3.63, 3.8) is 0 Å². The fourth-order valence-corrected chi connectivity index (χ4v) is 2.37. The van der Waals surface area contributed by atoms with Crippen molar-refractivity contribution in [2.45, 2.75) is 6.92 Å². The lowest BCUT2D eigenvalue weighted by atomic mass is 10.2. The number of anilines is 3. The third kappa shape index (κ3) is 3.15. The van der Waals surface area contributed by atoms with E-state index in [9.17, 15) is 4.39 Å². The number of nitrogens with two attached hydrogens (primary N) is 1. The van der Waals surface area contributed by atoms with Crippen molar-refractivity contribution in [2.24, 2.45) is 5.84 Å². The van der Waals surface area contributed by atoms with Crippen LogP contribution in [0.4, 0.5) is 21.7 Å². The van der Waals surface area contributed by atoms with E-state index in [1.165, 1.54) is 12.1 Å². The molecule has 0 bridgehead atoms. The van der Waals surface area contributed by atoms with Crippen LogP contribution in [0.2, 0.25) is 10.0 Å². The van der Waals surface area contributed by atoms with Gasteiger partial charge in [0.05, 0.1) is 14.5 Å². The third-order valence-electron chi connectivity index (χ3n) is 2.59. The van der Waals surface area contributed by atoms with Crippen molar-refractivity contribution in [1.82, 2.24) is 4.98 Å². The molecule has 2 aromatic rings. The van der Waals surface area contributed by atoms with Gasteiger partial charge in [0.2, 0.25) is 0 Å². The molecule has 1 heterocycles. The molecule has 2 rings (SSSR count). The van der Waals surface area contributed by atoms with Gasteiger partial charge in [0.15, 0.2) is 11.6 Å². The molecule has 0 aliphatic carbocycles. The van der Waals surface area contributed by atoms with Crippen LogP contribution in [0.15, 0.2) is 22.7 Å². The average molecular weight is 380 g/mol. The minimum absolute atomic E-state index is 0.289. The van der Waals surface area contributed by atoms with Crippen LogP contribution in [0.25, 0.3) is 0 Å². The first-order chi connectivity index (χ1) is 9.42. The molecule has 20 heavy (non-hydrogen) atoms. The Morgan fingerprint density at radius 2 is 1.85 bits per heavy atom. The monoisotopic (exact) mass is 378 g/mol. The second-order valence-electron chi connectivity index (χ2n) is 4.00. The van der Waals surface area contributed by atoms with E-state index < -0.39 is 0 Å². The normalized spacial score (nSPS) is 10.5. The Morgan fingerprint density at radius 3 is 2.50 bits per heavy atom. The predicted octanol–water partition coefficient (Wildman–Crippen LogP) is 4.63. The number of nitrogens with one attached hydrogen (secondary N) is 2. The quantitative estimate of drug-likeness (QED) is 0.537. The van der Waals surface area contributed by atoms with E-state index in [2.05, 4.69) is 31.7 Å². The molecule has 0 unspecified atom stereocenters. The summed E-state index contributed by atoms with van der Waals surface area (Å²) in [4.78, 5) is 4.16. The van der Waals surface area contributed by atoms with Gasteiger partial charge in [-0.2, -0.15) is 0 Å². The molecule has 8 heteroatoms. The number of hydrazine groups is 1. The molecular weight excluding hydrogens is 370 g/mol. The van der Waals surface area contributed by atoms with Crippen molar-refractivity contribution < 1.29 is 4.39 Å². The third-order valence-corrected chi connectivity index (χ3v) is 3.77. The van der Waals surface area contributed by atoms with Crippen LogP contribution in [0.1, 0.15) is 5.56 Å². The molecule has 0 atom stereocenters. The molecule has 106 valence electrons. The highest BCUT2D eigenvalue weighted by Gasteiger charge is 2.11. The summed E-state index contributed by atoms with van der Waals surface area (Å²) in [6.07, 6.45) is 0. The van der Waals surface area contributed by atoms with Crippen LogP contribution in [0.3, 0.4) is 0 Å². The van der Waals surface area contributed by atoms with Gasteiger partial charge in [-0.25, -0.2) is 15.2 Å². The Morgan fingerprint density at radius 1 is 1.20 bits per heavy atom. The summed E-state index contributed by atoms with van der Waals surface area (Å²) in [5.41, 5.74) is 3.75. The highest BCUT2D eigenvalue weighted by Crippen LogP contribution is 2.32. The number of nitrogen functional groups attached to an aromatic ring is 1. The zero-order chi connectivity index (χ0) is 14.9. The van der Waals surface area contributed by atoms with E-state index in [4.69, 9.17) is 29.0 Å². The van der Waals surface area contributed by atoms with E-state index in [0.29, 0.717) is 31.6 Å². The summed E-state index contributed by atoms with van der Waals surface area (Å²) in [5, 5.41) is 3.65. The average Bonchev–Trinajstić information content (AvgIpc) is 2.38. The maximum absolute atomic E-state index is 13.4. The van der Waals surface area contributed by atoms with E-state index in [-0.39, 0.29) is 11.6 Å². The highest BCUT2D eigenvalue weighted by molar-refractivity contribution is 9.10. The molecule has 0 aliphatic rings. The minimum Gasteiger partial charge on any atom is -0.339 e. The van der Waals surface area contributed by atoms with Crippen LogP contribution in [-0.2, 0) is 0 Å². The lowest BCUT2D eigenvalue weighted by Crippen LogP contribution is -2.10. The second kappa shape index (κ2) is 6.13. The molecule has 1 aromatic carbocycles. The number of hydrogen-bond donors (Lipinski definition) is 3. The zero-order valence-electron chi connectivity index (χ0n) is 10.3. The number of rotatable bonds is 3. The Balaban J connectivity index is 2.42. The Hall–Kier alpha value is -1.08. The number of halogens is 4. The molecule has 4 N–H and O–H groups in total. The molecule has 0 fully saturated rings. The van der Waals surface area contributed by atoms with Gasteiger partial charge in [-0.15, -0.1) is 0 Å².